The van der Waals surface area contributed by atoms with Crippen LogP contribution in [0.4, 0.5) is 0 Å². The van der Waals surface area contributed by atoms with Crippen LogP contribution in [0, 0.1) is 6.92 Å². The molecule has 18 heavy (non-hydrogen) atoms. The van der Waals surface area contributed by atoms with Crippen LogP contribution in [0.2, 0.25) is 0 Å². The molecule has 98 valence electrons. The molecule has 0 aliphatic heterocycles. The van der Waals surface area contributed by atoms with Crippen LogP contribution in [-0.4, -0.2) is 31.4 Å². The molecule has 5 nitrogen and oxygen atoms in total. The highest BCUT2D eigenvalue weighted by Crippen LogP contribution is 2.02. The highest BCUT2D eigenvalue weighted by Gasteiger charge is 2.04. The first-order valence-electron chi connectivity index (χ1n) is 5.95. The summed E-state index contributed by atoms with van der Waals surface area (Å²) >= 11 is 0. The number of hydrogen-bond acceptors (Lipinski definition) is 3. The Labute approximate surface area is 107 Å². The molecule has 1 aromatic rings. The van der Waals surface area contributed by atoms with Gasteiger partial charge in [-0.25, -0.2) is 0 Å². The lowest BCUT2D eigenvalue weighted by atomic mass is 10.1. The Morgan fingerprint density at radius 1 is 1.11 bits per heavy atom. The summed E-state index contributed by atoms with van der Waals surface area (Å²) < 4.78 is 0. The molecule has 0 unspecified atom stereocenters. The van der Waals surface area contributed by atoms with Crippen molar-refractivity contribution < 1.29 is 9.59 Å². The molecule has 0 saturated carbocycles. The average Bonchev–Trinajstić information content (AvgIpc) is 2.35. The summed E-state index contributed by atoms with van der Waals surface area (Å²) in [5, 5.41) is 5.40. The second kappa shape index (κ2) is 7.45. The predicted octanol–water partition coefficient (Wildman–Crippen LogP) is 0.190. The van der Waals surface area contributed by atoms with Gasteiger partial charge in [0.05, 0.1) is 0 Å². The highest BCUT2D eigenvalue weighted by atomic mass is 16.2. The molecule has 0 saturated heterocycles. The van der Waals surface area contributed by atoms with Crippen molar-refractivity contribution in [2.75, 3.05) is 19.6 Å². The third-order valence-electron chi connectivity index (χ3n) is 2.42. The SMILES string of the molecule is Cc1ccc(C(=O)NCCNC(=O)CCN)cc1. The summed E-state index contributed by atoms with van der Waals surface area (Å²) in [4.78, 5) is 22.8. The van der Waals surface area contributed by atoms with E-state index in [4.69, 9.17) is 5.73 Å². The van der Waals surface area contributed by atoms with E-state index in [9.17, 15) is 9.59 Å². The maximum absolute atomic E-state index is 11.7. The molecule has 0 fully saturated rings. The second-order valence-corrected chi connectivity index (χ2v) is 4.01. The molecule has 0 atom stereocenters. The molecule has 0 spiro atoms. The summed E-state index contributed by atoms with van der Waals surface area (Å²) in [6.45, 7) is 3.12. The molecular formula is C13H19N3O2. The van der Waals surface area contributed by atoms with Gasteiger partial charge < -0.3 is 16.4 Å². The van der Waals surface area contributed by atoms with E-state index in [0.29, 0.717) is 31.6 Å². The molecule has 0 radical (unpaired) electrons. The Hall–Kier alpha value is -1.88. The summed E-state index contributed by atoms with van der Waals surface area (Å²) in [5.41, 5.74) is 6.97. The van der Waals surface area contributed by atoms with Crippen molar-refractivity contribution in [2.45, 2.75) is 13.3 Å². The summed E-state index contributed by atoms with van der Waals surface area (Å²) in [6, 6.07) is 7.32. The predicted molar refractivity (Wildman–Crippen MR) is 70.2 cm³/mol. The van der Waals surface area contributed by atoms with Gasteiger partial charge in [0.25, 0.3) is 5.91 Å². The average molecular weight is 249 g/mol. The molecule has 0 aliphatic rings. The Morgan fingerprint density at radius 3 is 2.33 bits per heavy atom. The zero-order valence-electron chi connectivity index (χ0n) is 10.5. The van der Waals surface area contributed by atoms with Gasteiger partial charge in [0.2, 0.25) is 5.91 Å². The standard InChI is InChI=1S/C13H19N3O2/c1-10-2-4-11(5-3-10)13(18)16-9-8-15-12(17)6-7-14/h2-5H,6-9,14H2,1H3,(H,15,17)(H,16,18). The molecule has 0 aliphatic carbocycles. The normalized spacial score (nSPS) is 9.89. The second-order valence-electron chi connectivity index (χ2n) is 4.01. The third kappa shape index (κ3) is 4.97. The first-order valence-corrected chi connectivity index (χ1v) is 5.95. The van der Waals surface area contributed by atoms with Crippen LogP contribution >= 0.6 is 0 Å². The lowest BCUT2D eigenvalue weighted by molar-refractivity contribution is -0.120. The van der Waals surface area contributed by atoms with Crippen molar-refractivity contribution >= 4 is 11.8 Å². The first-order chi connectivity index (χ1) is 8.63. The molecule has 4 N–H and O–H groups in total. The Kier molecular flexibility index (Phi) is 5.87. The van der Waals surface area contributed by atoms with E-state index in [2.05, 4.69) is 10.6 Å². The van der Waals surface area contributed by atoms with Crippen molar-refractivity contribution in [1.29, 1.82) is 0 Å². The molecule has 1 aromatic carbocycles. The third-order valence-corrected chi connectivity index (χ3v) is 2.42. The fraction of sp³-hybridized carbons (Fsp3) is 0.385. The molecule has 2 amide bonds. The van der Waals surface area contributed by atoms with E-state index in [1.807, 2.05) is 19.1 Å². The van der Waals surface area contributed by atoms with Crippen LogP contribution in [0.5, 0.6) is 0 Å². The van der Waals surface area contributed by atoms with Crippen LogP contribution in [0.25, 0.3) is 0 Å². The summed E-state index contributed by atoms with van der Waals surface area (Å²) in [7, 11) is 0. The van der Waals surface area contributed by atoms with E-state index >= 15 is 0 Å². The van der Waals surface area contributed by atoms with E-state index < -0.39 is 0 Å². The van der Waals surface area contributed by atoms with Gasteiger partial charge in [-0.2, -0.15) is 0 Å². The van der Waals surface area contributed by atoms with Crippen molar-refractivity contribution in [1.82, 2.24) is 10.6 Å². The monoisotopic (exact) mass is 249 g/mol. The quantitative estimate of drug-likeness (QED) is 0.629. The number of rotatable bonds is 6. The highest BCUT2D eigenvalue weighted by molar-refractivity contribution is 5.94. The molecule has 1 rings (SSSR count). The lowest BCUT2D eigenvalue weighted by Gasteiger charge is -2.07. The molecule has 0 aromatic heterocycles. The molecule has 5 heteroatoms. The van der Waals surface area contributed by atoms with Gasteiger partial charge in [-0.15, -0.1) is 0 Å². The van der Waals surface area contributed by atoms with Crippen molar-refractivity contribution in [3.8, 4) is 0 Å². The van der Waals surface area contributed by atoms with Crippen molar-refractivity contribution in [3.05, 3.63) is 35.4 Å². The summed E-state index contributed by atoms with van der Waals surface area (Å²) in [5.74, 6) is -0.231. The Morgan fingerprint density at radius 2 is 1.72 bits per heavy atom. The van der Waals surface area contributed by atoms with Crippen LogP contribution in [0.3, 0.4) is 0 Å². The number of amides is 2. The van der Waals surface area contributed by atoms with Gasteiger partial charge >= 0.3 is 0 Å². The topological polar surface area (TPSA) is 84.2 Å². The fourth-order valence-corrected chi connectivity index (χ4v) is 1.40. The number of benzene rings is 1. The number of nitrogens with two attached hydrogens (primary N) is 1. The number of carbonyl (C=O) groups is 2. The van der Waals surface area contributed by atoms with Crippen LogP contribution in [0.1, 0.15) is 22.3 Å². The van der Waals surface area contributed by atoms with Gasteiger partial charge in [-0.3, -0.25) is 9.59 Å². The number of carbonyl (C=O) groups excluding carboxylic acids is 2. The van der Waals surface area contributed by atoms with Crippen LogP contribution in [0.15, 0.2) is 24.3 Å². The van der Waals surface area contributed by atoms with Crippen LogP contribution < -0.4 is 16.4 Å². The minimum absolute atomic E-state index is 0.0953. The van der Waals surface area contributed by atoms with E-state index in [1.165, 1.54) is 0 Å². The Bertz CT molecular complexity index is 401. The van der Waals surface area contributed by atoms with Gasteiger partial charge in [0, 0.05) is 31.6 Å². The Balaban J connectivity index is 2.25. The van der Waals surface area contributed by atoms with Gasteiger partial charge in [-0.1, -0.05) is 17.7 Å². The molecular weight excluding hydrogens is 230 g/mol. The van der Waals surface area contributed by atoms with E-state index in [0.717, 1.165) is 5.56 Å². The first kappa shape index (κ1) is 14.2. The van der Waals surface area contributed by atoms with Crippen molar-refractivity contribution in [3.63, 3.8) is 0 Å². The zero-order chi connectivity index (χ0) is 13.4. The molecule has 0 bridgehead atoms. The largest absolute Gasteiger partial charge is 0.354 e. The minimum Gasteiger partial charge on any atom is -0.354 e. The van der Waals surface area contributed by atoms with E-state index in [-0.39, 0.29) is 11.8 Å². The fourth-order valence-electron chi connectivity index (χ4n) is 1.40. The maximum Gasteiger partial charge on any atom is 0.251 e. The van der Waals surface area contributed by atoms with Gasteiger partial charge in [0.15, 0.2) is 0 Å². The maximum atomic E-state index is 11.7. The minimum atomic E-state index is -0.136. The van der Waals surface area contributed by atoms with Crippen molar-refractivity contribution in [2.24, 2.45) is 5.73 Å². The zero-order valence-corrected chi connectivity index (χ0v) is 10.5. The number of nitrogens with one attached hydrogen (secondary N) is 2. The summed E-state index contributed by atoms with van der Waals surface area (Å²) in [6.07, 6.45) is 0.311. The smallest absolute Gasteiger partial charge is 0.251 e. The van der Waals surface area contributed by atoms with E-state index in [1.54, 1.807) is 12.1 Å². The van der Waals surface area contributed by atoms with Gasteiger partial charge in [-0.05, 0) is 19.1 Å². The number of aryl methyl sites for hydroxylation is 1. The lowest BCUT2D eigenvalue weighted by Crippen LogP contribution is -2.35. The number of hydrogen-bond donors (Lipinski definition) is 3. The van der Waals surface area contributed by atoms with Gasteiger partial charge in [0.1, 0.15) is 0 Å². The molecule has 0 heterocycles. The van der Waals surface area contributed by atoms with Crippen LogP contribution in [-0.2, 0) is 4.79 Å².